The molecule has 12 rings (SSSR count). The molecule has 5 aliphatic rings. The van der Waals surface area contributed by atoms with E-state index in [1.54, 1.807) is 30.3 Å². The molecule has 1 saturated heterocycles. The molecule has 2 N–H and O–H groups in total. The smallest absolute Gasteiger partial charge is 0.436 e. The van der Waals surface area contributed by atoms with Crippen LogP contribution in [0.5, 0.6) is 29.0 Å². The van der Waals surface area contributed by atoms with E-state index in [0.29, 0.717) is 36.4 Å². The van der Waals surface area contributed by atoms with Crippen LogP contribution in [-0.2, 0) is 62.5 Å². The number of benzene rings is 3. The molecule has 58 heteroatoms. The second kappa shape index (κ2) is 52.7. The predicted octanol–water partition coefficient (Wildman–Crippen LogP) is 19.2. The molecule has 140 heavy (non-hydrogen) atoms. The molecule has 9 heterocycles. The van der Waals surface area contributed by atoms with Crippen molar-refractivity contribution < 1.29 is 110 Å². The van der Waals surface area contributed by atoms with Gasteiger partial charge >= 0.3 is 43.2 Å². The zero-order valence-electron chi connectivity index (χ0n) is 74.4. The average molecular weight is 2400 g/mol. The first-order valence-electron chi connectivity index (χ1n) is 39.7. The van der Waals surface area contributed by atoms with Crippen LogP contribution in [0.15, 0.2) is 147 Å². The zero-order valence-corrected chi connectivity index (χ0v) is 86.8. The Morgan fingerprint density at radius 3 is 1.28 bits per heavy atom. The number of aliphatic imine (C=N–C) groups is 1. The number of carbonyl (C=O) groups is 7. The van der Waals surface area contributed by atoms with E-state index >= 15 is 0 Å². The molecule has 0 spiro atoms. The van der Waals surface area contributed by atoms with Gasteiger partial charge in [-0.15, -0.1) is 40.1 Å². The Hall–Kier alpha value is -9.45. The number of ketones is 4. The second-order valence-electron chi connectivity index (χ2n) is 30.5. The molecule has 3 aromatic carbocycles. The predicted molar refractivity (Wildman–Crippen MR) is 514 cm³/mol. The van der Waals surface area contributed by atoms with E-state index < -0.39 is 128 Å². The second-order valence-corrected chi connectivity index (χ2v) is 36.6. The fraction of sp³-hybridized carbons (Fsp3) is 0.378. The van der Waals surface area contributed by atoms with Crippen LogP contribution >= 0.6 is 157 Å². The summed E-state index contributed by atoms with van der Waals surface area (Å²) in [5.74, 6) is -3.60. The number of halogens is 24. The molecule has 7 aromatic rings. The van der Waals surface area contributed by atoms with E-state index in [1.165, 1.54) is 42.5 Å². The third kappa shape index (κ3) is 36.4. The number of amides is 3. The van der Waals surface area contributed by atoms with Gasteiger partial charge in [-0.25, -0.2) is 39.8 Å². The molecule has 5 aliphatic heterocycles. The molecule has 0 radical (unpaired) electrons. The topological polar surface area (TPSA) is 410 Å². The lowest BCUT2D eigenvalue weighted by atomic mass is 9.79. The fourth-order valence-corrected chi connectivity index (χ4v) is 14.0. The Labute approximate surface area is 861 Å². The van der Waals surface area contributed by atoms with Crippen molar-refractivity contribution in [3.05, 3.63) is 212 Å². The number of rotatable bonds is 19. The number of aromatic nitrogens is 10. The molecule has 0 unspecified atom stereocenters. The Morgan fingerprint density at radius 2 is 0.914 bits per heavy atom. The minimum atomic E-state index is -4.69. The van der Waals surface area contributed by atoms with E-state index in [4.69, 9.17) is 116 Å². The first kappa shape index (κ1) is 121. The molecule has 3 amide bonds. The number of carbonyl (C=O) groups excluding carboxylic acids is 7. The molecule has 1 fully saturated rings. The van der Waals surface area contributed by atoms with E-state index in [-0.39, 0.29) is 173 Å². The van der Waals surface area contributed by atoms with Crippen molar-refractivity contribution in [3.63, 3.8) is 0 Å². The van der Waals surface area contributed by atoms with Gasteiger partial charge < -0.3 is 23.5 Å². The standard InChI is InChI=1S/C20H16Cl2F3N3O4.C19H22BCl3N2O3.C19H14Cl3F3N4O3.C8H7BrF3N3O2.C6H6BrN3O2.C4H3BrN2O2.C3H5Br.C3H5F3/c1-9(2)11-5-16(26-7-15(11)30)32-19-12(21)3-10(4-13(19)22)18-14(29)6-17(31)28(27-18)8-20(23,24)25;1-10(2)12-9-15(24-25-17(12)23)26-16-13(21)7-11(8-14(16)22)20-27-18(3,4)19(5,6)28-20;1-8(2)10-5-14(26-27-18(10)22)32-17-11(20)3-9(4-12(17)21)16-13(30)6-15(31)29(28-16)7-19(23,24)25;1-2-3-14-6(16)5(9)13-15(7(14)17)4-8(10,11)12;1-2-3-10-5(11)4(7)8-9-6(10)12;5-4-2(8)1-3(9)6-7-4;1-2-3-4;1-2-3(4,5)6/h3-5,9H,6-8H2,1-2H3;7-10H,1-6H3;3-5,8H,6-7H2,1-2H3;2H,1,3-4H2;2H,1,3H2,(H,9,12);1H2,(H,6,9);2H,1,3H2;2H2,1H3. The molecule has 0 bridgehead atoms. The summed E-state index contributed by atoms with van der Waals surface area (Å²) in [5, 5.41) is 37.1. The number of Topliss-reactive ketones (excluding diaryl/α,β-unsaturated/α-hetero) is 4. The van der Waals surface area contributed by atoms with Crippen LogP contribution in [0.2, 0.25) is 40.4 Å². The molecule has 4 aromatic heterocycles. The molecule has 33 nitrogen and oxygen atoms in total. The lowest BCUT2D eigenvalue weighted by Crippen LogP contribution is -2.43. The largest absolute Gasteiger partial charge is 0.494 e. The van der Waals surface area contributed by atoms with Gasteiger partial charge in [0.1, 0.15) is 37.6 Å². The highest BCUT2D eigenvalue weighted by Crippen LogP contribution is 2.43. The van der Waals surface area contributed by atoms with Gasteiger partial charge in [0.2, 0.25) is 23.6 Å². The monoisotopic (exact) mass is 2390 g/mol. The Morgan fingerprint density at radius 1 is 0.521 bits per heavy atom. The Kier molecular flexibility index (Phi) is 45.6. The van der Waals surface area contributed by atoms with Crippen molar-refractivity contribution in [1.29, 1.82) is 0 Å². The van der Waals surface area contributed by atoms with Crippen molar-refractivity contribution in [3.8, 4) is 29.0 Å². The van der Waals surface area contributed by atoms with Crippen molar-refractivity contribution in [2.75, 3.05) is 25.0 Å². The van der Waals surface area contributed by atoms with E-state index in [2.05, 4.69) is 145 Å². The normalized spacial score (nSPS) is 15.1. The summed E-state index contributed by atoms with van der Waals surface area (Å²) < 4.78 is 176. The lowest BCUT2D eigenvalue weighted by molar-refractivity contribution is -0.162. The number of dihydropyridines is 1. The molecular formula is C82H78BBr4Cl8F12N17O16. The first-order chi connectivity index (χ1) is 64.7. The van der Waals surface area contributed by atoms with Gasteiger partial charge in [0, 0.05) is 59.7 Å². The number of hydrogen-bond donors (Lipinski definition) is 2. The summed E-state index contributed by atoms with van der Waals surface area (Å²) in [4.78, 5) is 130. The number of nitrogens with zero attached hydrogens (tertiary/aromatic N) is 15. The van der Waals surface area contributed by atoms with Crippen LogP contribution in [0.4, 0.5) is 52.7 Å². The molecule has 0 atom stereocenters. The van der Waals surface area contributed by atoms with Crippen LogP contribution in [0.25, 0.3) is 0 Å². The van der Waals surface area contributed by atoms with Gasteiger partial charge in [-0.05, 0) is 146 Å². The maximum absolute atomic E-state index is 12.7. The van der Waals surface area contributed by atoms with Crippen molar-refractivity contribution in [2.45, 2.75) is 169 Å². The summed E-state index contributed by atoms with van der Waals surface area (Å²) in [5.41, 5.74) is 0.333. The minimum absolute atomic E-state index is 0.0170. The maximum Gasteiger partial charge on any atom is 0.494 e. The van der Waals surface area contributed by atoms with Gasteiger partial charge in [0.05, 0.1) is 60.6 Å². The highest BCUT2D eigenvalue weighted by Gasteiger charge is 2.52. The van der Waals surface area contributed by atoms with E-state index in [1.807, 2.05) is 69.2 Å². The van der Waals surface area contributed by atoms with Gasteiger partial charge in [0.15, 0.2) is 64.5 Å². The van der Waals surface area contributed by atoms with Crippen molar-refractivity contribution in [1.82, 2.24) is 65.0 Å². The number of nitrogens with one attached hydrogen (secondary N) is 2. The number of hydrogen-bond acceptors (Lipinski definition) is 26. The highest BCUT2D eigenvalue weighted by molar-refractivity contribution is 9.19. The Bertz CT molecular complexity index is 6200. The first-order valence-corrected chi connectivity index (χ1v) is 46.2. The zero-order chi connectivity index (χ0) is 106. The number of hydrazone groups is 3. The summed E-state index contributed by atoms with van der Waals surface area (Å²) in [6.07, 6.45) is -14.3. The summed E-state index contributed by atoms with van der Waals surface area (Å²) >= 11 is 61.6. The summed E-state index contributed by atoms with van der Waals surface area (Å²) in [7, 11) is -0.572. The number of allylic oxidation sites excluding steroid dienone is 3. The van der Waals surface area contributed by atoms with Crippen LogP contribution in [0, 0.1) is 5.92 Å². The van der Waals surface area contributed by atoms with Crippen LogP contribution in [0.3, 0.4) is 0 Å². The highest BCUT2D eigenvalue weighted by atomic mass is 79.9. The van der Waals surface area contributed by atoms with Crippen molar-refractivity contribution >= 4 is 232 Å². The Balaban J connectivity index is 0.000000302. The molecule has 0 aliphatic carbocycles. The van der Waals surface area contributed by atoms with Gasteiger partial charge in [-0.2, -0.15) is 78.2 Å². The number of alkyl halides is 13. The number of H-pyrrole nitrogens is 1. The minimum Gasteiger partial charge on any atom is -0.436 e. The number of ether oxygens (including phenoxy) is 3. The lowest BCUT2D eigenvalue weighted by Gasteiger charge is -2.32. The number of aromatic amines is 1. The fourth-order valence-electron chi connectivity index (χ4n) is 10.7. The summed E-state index contributed by atoms with van der Waals surface area (Å²) in [6, 6.07) is 11.7. The van der Waals surface area contributed by atoms with E-state index in [0.717, 1.165) is 22.4 Å². The van der Waals surface area contributed by atoms with E-state index in [9.17, 15) is 105 Å². The van der Waals surface area contributed by atoms with Crippen molar-refractivity contribution in [2.24, 2.45) is 26.2 Å². The summed E-state index contributed by atoms with van der Waals surface area (Å²) in [6.45, 7) is 25.8. The molecule has 758 valence electrons. The third-order valence-electron chi connectivity index (χ3n) is 18.2. The van der Waals surface area contributed by atoms with Gasteiger partial charge in [-0.3, -0.25) is 52.3 Å². The van der Waals surface area contributed by atoms with Gasteiger partial charge in [0.25, 0.3) is 22.9 Å². The van der Waals surface area contributed by atoms with Gasteiger partial charge in [-0.1, -0.05) is 175 Å². The van der Waals surface area contributed by atoms with Crippen LogP contribution < -0.4 is 47.6 Å². The van der Waals surface area contributed by atoms with Crippen LogP contribution in [-0.4, -0.2) is 190 Å². The quantitative estimate of drug-likeness (QED) is 0.0250. The molecule has 0 saturated carbocycles. The average Bonchev–Trinajstić information content (AvgIpc) is 1.60. The molecular weight excluding hydrogens is 2320 g/mol. The SMILES string of the molecule is C=CCBr.C=CCn1c(=O)[nH]nc(Br)c1=O.C=CCn1c(=O)c(Br)nn(CC(F)(F)F)c1=O.CC(C)C1=CC(Oc2c(Cl)cc(C3=NN(CC(F)(F)F)C(=O)CC3=O)cc2Cl)=NCC1=O.CC(C)c1cc(Oc2c(Cl)cc(B3OC(C)(C)C(C)(C)O3)cc2Cl)nnc1Cl.CC(C)c1cc(Oc2c(Cl)cc(C3=NN(CC(F)(F)F)C(=O)CC3=O)cc2Cl)nnc1Cl.CCC(F)(F)F.O=C1CC(=O)C(Br)=NN1. The van der Waals surface area contributed by atoms with Crippen LogP contribution in [0.1, 0.15) is 136 Å². The third-order valence-corrected chi connectivity index (χ3v) is 22.5. The maximum atomic E-state index is 12.7.